The van der Waals surface area contributed by atoms with Crippen LogP contribution in [-0.4, -0.2) is 23.0 Å². The van der Waals surface area contributed by atoms with E-state index >= 15 is 0 Å². The van der Waals surface area contributed by atoms with Gasteiger partial charge in [0.1, 0.15) is 12.4 Å². The summed E-state index contributed by atoms with van der Waals surface area (Å²) in [5, 5.41) is 4.22. The van der Waals surface area contributed by atoms with Crippen LogP contribution < -0.4 is 9.47 Å². The smallest absolute Gasteiger partial charge is 0.157 e. The van der Waals surface area contributed by atoms with E-state index in [9.17, 15) is 0 Å². The third kappa shape index (κ3) is 4.59. The lowest BCUT2D eigenvalue weighted by Gasteiger charge is -2.06. The topological polar surface area (TPSA) is 36.3 Å². The first kappa shape index (κ1) is 13.9. The molecule has 1 heterocycles. The SMILES string of the molecule is CCCOc1cnn(CCOc2ccc(Br)cc2)c1. The predicted octanol–water partition coefficient (Wildman–Crippen LogP) is 3.51. The highest BCUT2D eigenvalue weighted by atomic mass is 79.9. The van der Waals surface area contributed by atoms with Crippen molar-refractivity contribution in [1.82, 2.24) is 9.78 Å². The van der Waals surface area contributed by atoms with Gasteiger partial charge in [0.2, 0.25) is 0 Å². The molecule has 0 atom stereocenters. The quantitative estimate of drug-likeness (QED) is 0.781. The first-order chi connectivity index (χ1) is 9.28. The Morgan fingerprint density at radius 2 is 1.84 bits per heavy atom. The van der Waals surface area contributed by atoms with E-state index in [1.165, 1.54) is 0 Å². The lowest BCUT2D eigenvalue weighted by Crippen LogP contribution is -2.08. The van der Waals surface area contributed by atoms with Crippen LogP contribution in [0, 0.1) is 0 Å². The summed E-state index contributed by atoms with van der Waals surface area (Å²) in [7, 11) is 0. The van der Waals surface area contributed by atoms with E-state index in [0.717, 1.165) is 29.0 Å². The van der Waals surface area contributed by atoms with Gasteiger partial charge in [0, 0.05) is 4.47 Å². The Bertz CT molecular complexity index is 496. The van der Waals surface area contributed by atoms with Crippen molar-refractivity contribution in [3.8, 4) is 11.5 Å². The number of hydrogen-bond donors (Lipinski definition) is 0. The Kier molecular flexibility index (Phi) is 5.27. The molecule has 102 valence electrons. The van der Waals surface area contributed by atoms with Crippen LogP contribution in [0.25, 0.3) is 0 Å². The molecule has 5 heteroatoms. The Morgan fingerprint density at radius 1 is 1.11 bits per heavy atom. The fourth-order valence-corrected chi connectivity index (χ4v) is 1.81. The molecule has 0 saturated heterocycles. The average molecular weight is 325 g/mol. The van der Waals surface area contributed by atoms with Gasteiger partial charge in [0.15, 0.2) is 5.75 Å². The van der Waals surface area contributed by atoms with Crippen LogP contribution in [0.4, 0.5) is 0 Å². The molecule has 0 amide bonds. The van der Waals surface area contributed by atoms with Crippen LogP contribution in [0.5, 0.6) is 11.5 Å². The minimum absolute atomic E-state index is 0.580. The van der Waals surface area contributed by atoms with Crippen molar-refractivity contribution in [3.05, 3.63) is 41.1 Å². The molecule has 1 aromatic carbocycles. The van der Waals surface area contributed by atoms with E-state index in [1.807, 2.05) is 35.1 Å². The summed E-state index contributed by atoms with van der Waals surface area (Å²) in [4.78, 5) is 0. The van der Waals surface area contributed by atoms with Crippen LogP contribution in [0.2, 0.25) is 0 Å². The Morgan fingerprint density at radius 3 is 2.58 bits per heavy atom. The van der Waals surface area contributed by atoms with Crippen molar-refractivity contribution < 1.29 is 9.47 Å². The summed E-state index contributed by atoms with van der Waals surface area (Å²) in [5.74, 6) is 1.67. The second kappa shape index (κ2) is 7.19. The molecular formula is C14H17BrN2O2. The third-order valence-corrected chi connectivity index (χ3v) is 3.01. The largest absolute Gasteiger partial charge is 0.492 e. The number of hydrogen-bond acceptors (Lipinski definition) is 3. The van der Waals surface area contributed by atoms with E-state index in [0.29, 0.717) is 13.2 Å². The van der Waals surface area contributed by atoms with E-state index in [-0.39, 0.29) is 0 Å². The summed E-state index contributed by atoms with van der Waals surface area (Å²) in [6.45, 7) is 4.08. The molecule has 0 aliphatic carbocycles. The van der Waals surface area contributed by atoms with Gasteiger partial charge in [-0.3, -0.25) is 4.68 Å². The van der Waals surface area contributed by atoms with Gasteiger partial charge < -0.3 is 9.47 Å². The minimum Gasteiger partial charge on any atom is -0.492 e. The second-order valence-corrected chi connectivity index (χ2v) is 5.01. The molecule has 0 saturated carbocycles. The number of rotatable bonds is 7. The molecule has 2 aromatic rings. The molecule has 0 aliphatic heterocycles. The van der Waals surface area contributed by atoms with Crippen molar-refractivity contribution in [2.75, 3.05) is 13.2 Å². The molecule has 0 fully saturated rings. The van der Waals surface area contributed by atoms with Crippen molar-refractivity contribution in [2.24, 2.45) is 0 Å². The zero-order chi connectivity index (χ0) is 13.5. The molecule has 19 heavy (non-hydrogen) atoms. The Labute approximate surface area is 121 Å². The molecule has 2 rings (SSSR count). The second-order valence-electron chi connectivity index (χ2n) is 4.09. The van der Waals surface area contributed by atoms with Gasteiger partial charge in [0.25, 0.3) is 0 Å². The van der Waals surface area contributed by atoms with E-state index < -0.39 is 0 Å². The zero-order valence-electron chi connectivity index (χ0n) is 10.9. The molecule has 0 N–H and O–H groups in total. The van der Waals surface area contributed by atoms with Gasteiger partial charge in [-0.2, -0.15) is 5.10 Å². The molecule has 0 spiro atoms. The summed E-state index contributed by atoms with van der Waals surface area (Å²) >= 11 is 3.39. The minimum atomic E-state index is 0.580. The first-order valence-electron chi connectivity index (χ1n) is 6.31. The first-order valence-corrected chi connectivity index (χ1v) is 7.11. The molecule has 4 nitrogen and oxygen atoms in total. The van der Waals surface area contributed by atoms with Crippen LogP contribution >= 0.6 is 15.9 Å². The van der Waals surface area contributed by atoms with Gasteiger partial charge >= 0.3 is 0 Å². The van der Waals surface area contributed by atoms with Gasteiger partial charge in [-0.1, -0.05) is 22.9 Å². The highest BCUT2D eigenvalue weighted by molar-refractivity contribution is 9.10. The standard InChI is InChI=1S/C14H17BrN2O2/c1-2-8-18-14-10-16-17(11-14)7-9-19-13-5-3-12(15)4-6-13/h3-6,10-11H,2,7-9H2,1H3. The van der Waals surface area contributed by atoms with Crippen molar-refractivity contribution in [1.29, 1.82) is 0 Å². The summed E-state index contributed by atoms with van der Waals surface area (Å²) in [6, 6.07) is 7.78. The fraction of sp³-hybridized carbons (Fsp3) is 0.357. The lowest BCUT2D eigenvalue weighted by atomic mass is 10.3. The van der Waals surface area contributed by atoms with E-state index in [1.54, 1.807) is 6.20 Å². The van der Waals surface area contributed by atoms with Crippen LogP contribution in [-0.2, 0) is 6.54 Å². The van der Waals surface area contributed by atoms with Crippen LogP contribution in [0.1, 0.15) is 13.3 Å². The van der Waals surface area contributed by atoms with Gasteiger partial charge in [-0.15, -0.1) is 0 Å². The molecule has 0 radical (unpaired) electrons. The fourth-order valence-electron chi connectivity index (χ4n) is 1.55. The van der Waals surface area contributed by atoms with Gasteiger partial charge in [-0.05, 0) is 30.7 Å². The van der Waals surface area contributed by atoms with E-state index in [2.05, 4.69) is 28.0 Å². The van der Waals surface area contributed by atoms with Crippen LogP contribution in [0.15, 0.2) is 41.1 Å². The number of benzene rings is 1. The van der Waals surface area contributed by atoms with Crippen molar-refractivity contribution >= 4 is 15.9 Å². The maximum absolute atomic E-state index is 5.63. The third-order valence-electron chi connectivity index (χ3n) is 2.49. The van der Waals surface area contributed by atoms with Crippen LogP contribution in [0.3, 0.4) is 0 Å². The summed E-state index contributed by atoms with van der Waals surface area (Å²) in [6.07, 6.45) is 4.62. The molecule has 0 unspecified atom stereocenters. The molecule has 0 aliphatic rings. The number of ether oxygens (including phenoxy) is 2. The molecule has 0 bridgehead atoms. The zero-order valence-corrected chi connectivity index (χ0v) is 12.5. The van der Waals surface area contributed by atoms with E-state index in [4.69, 9.17) is 9.47 Å². The monoisotopic (exact) mass is 324 g/mol. The maximum Gasteiger partial charge on any atom is 0.157 e. The van der Waals surface area contributed by atoms with Gasteiger partial charge in [-0.25, -0.2) is 0 Å². The molecular weight excluding hydrogens is 308 g/mol. The van der Waals surface area contributed by atoms with Crippen molar-refractivity contribution in [3.63, 3.8) is 0 Å². The van der Waals surface area contributed by atoms with Gasteiger partial charge in [0.05, 0.1) is 25.5 Å². The molecule has 1 aromatic heterocycles. The summed E-state index contributed by atoms with van der Waals surface area (Å²) in [5.41, 5.74) is 0. The number of aromatic nitrogens is 2. The van der Waals surface area contributed by atoms with Crippen molar-refractivity contribution in [2.45, 2.75) is 19.9 Å². The number of nitrogens with zero attached hydrogens (tertiary/aromatic N) is 2. The summed E-state index contributed by atoms with van der Waals surface area (Å²) < 4.78 is 14.0. The Balaban J connectivity index is 1.76. The number of halogens is 1. The normalized spacial score (nSPS) is 10.4. The Hall–Kier alpha value is -1.49. The average Bonchev–Trinajstić information content (AvgIpc) is 2.87. The maximum atomic E-state index is 5.63. The highest BCUT2D eigenvalue weighted by Gasteiger charge is 1.99. The highest BCUT2D eigenvalue weighted by Crippen LogP contribution is 2.16. The lowest BCUT2D eigenvalue weighted by molar-refractivity contribution is 0.289. The predicted molar refractivity (Wildman–Crippen MR) is 77.7 cm³/mol.